The number of carbonyl (C=O) groups is 1. The molecule has 0 atom stereocenters. The first-order valence-electron chi connectivity index (χ1n) is 3.71. The fraction of sp³-hybridized carbons (Fsp3) is 0. The Hall–Kier alpha value is -1.62. The summed E-state index contributed by atoms with van der Waals surface area (Å²) in [6.45, 7) is 3.01. The van der Waals surface area contributed by atoms with Crippen molar-refractivity contribution < 1.29 is 17.4 Å². The number of benzene rings is 1. The topological polar surface area (TPSA) is 60.4 Å². The smallest absolute Gasteiger partial charge is 0.338 e. The molecule has 0 N–H and O–H groups in total. The van der Waals surface area contributed by atoms with Crippen molar-refractivity contribution in [3.8, 4) is 0 Å². The van der Waals surface area contributed by atoms with E-state index in [1.807, 2.05) is 0 Å². The molecule has 0 aliphatic rings. The van der Waals surface area contributed by atoms with Gasteiger partial charge in [0.25, 0.3) is 0 Å². The van der Waals surface area contributed by atoms with Crippen LogP contribution in [0.2, 0.25) is 0 Å². The number of hydrogen-bond donors (Lipinski definition) is 0. The zero-order valence-corrected chi connectivity index (χ0v) is 8.03. The van der Waals surface area contributed by atoms with E-state index in [0.29, 0.717) is 5.41 Å². The molecule has 0 aromatic heterocycles. The van der Waals surface area contributed by atoms with Crippen LogP contribution in [-0.4, -0.2) is 14.4 Å². The van der Waals surface area contributed by atoms with Crippen molar-refractivity contribution in [1.29, 1.82) is 0 Å². The highest BCUT2D eigenvalue weighted by molar-refractivity contribution is 7.90. The first-order chi connectivity index (χ1) is 6.55. The molecule has 1 rings (SSSR count). The van der Waals surface area contributed by atoms with Crippen LogP contribution in [0.3, 0.4) is 0 Å². The molecule has 0 spiro atoms. The third kappa shape index (κ3) is 2.70. The van der Waals surface area contributed by atoms with Crippen LogP contribution in [0, 0.1) is 0 Å². The van der Waals surface area contributed by atoms with Gasteiger partial charge in [-0.25, -0.2) is 4.79 Å². The summed E-state index contributed by atoms with van der Waals surface area (Å²) in [4.78, 5) is 11.2. The van der Waals surface area contributed by atoms with Gasteiger partial charge < -0.3 is 4.18 Å². The molecule has 14 heavy (non-hydrogen) atoms. The van der Waals surface area contributed by atoms with E-state index in [9.17, 15) is 13.2 Å². The molecule has 74 valence electrons. The molecule has 0 fully saturated rings. The molecule has 1 aromatic carbocycles. The quantitative estimate of drug-likeness (QED) is 0.709. The van der Waals surface area contributed by atoms with Crippen LogP contribution in [0.4, 0.5) is 0 Å². The van der Waals surface area contributed by atoms with Gasteiger partial charge in [-0.1, -0.05) is 24.8 Å². The van der Waals surface area contributed by atoms with Gasteiger partial charge in [0.05, 0.1) is 11.0 Å². The normalized spacial score (nSPS) is 10.6. The van der Waals surface area contributed by atoms with Crippen molar-refractivity contribution in [3.63, 3.8) is 0 Å². The van der Waals surface area contributed by atoms with Crippen LogP contribution >= 0.6 is 0 Å². The maximum absolute atomic E-state index is 11.2. The molecule has 0 saturated heterocycles. The second-order valence-corrected chi connectivity index (χ2v) is 3.88. The van der Waals surface area contributed by atoms with Crippen molar-refractivity contribution in [3.05, 3.63) is 47.9 Å². The molecule has 0 bridgehead atoms. The highest BCUT2D eigenvalue weighted by Crippen LogP contribution is 2.04. The number of carbonyl (C=O) groups excluding carboxylic acids is 1. The molecule has 0 radical (unpaired) electrons. The average Bonchev–Trinajstić information content (AvgIpc) is 2.19. The molecule has 0 heterocycles. The molecule has 0 saturated carbocycles. The van der Waals surface area contributed by atoms with E-state index in [1.165, 1.54) is 12.1 Å². The van der Waals surface area contributed by atoms with Crippen molar-refractivity contribution in [2.45, 2.75) is 0 Å². The molecule has 1 aromatic rings. The summed E-state index contributed by atoms with van der Waals surface area (Å²) >= 11 is 0. The summed E-state index contributed by atoms with van der Waals surface area (Å²) in [6.07, 6.45) is 0. The van der Waals surface area contributed by atoms with Gasteiger partial charge in [-0.05, 0) is 12.1 Å². The molecule has 4 nitrogen and oxygen atoms in total. The first-order valence-corrected chi connectivity index (χ1v) is 5.18. The van der Waals surface area contributed by atoms with Crippen LogP contribution in [0.1, 0.15) is 10.4 Å². The Morgan fingerprint density at radius 1 is 1.29 bits per heavy atom. The maximum atomic E-state index is 11.2. The number of rotatable bonds is 3. The van der Waals surface area contributed by atoms with E-state index < -0.39 is 16.1 Å². The second-order valence-electron chi connectivity index (χ2n) is 2.40. The monoisotopic (exact) mass is 212 g/mol. The summed E-state index contributed by atoms with van der Waals surface area (Å²) < 4.78 is 25.8. The largest absolute Gasteiger partial charge is 0.354 e. The Bertz CT molecular complexity index is 433. The van der Waals surface area contributed by atoms with Crippen molar-refractivity contribution in [2.75, 3.05) is 0 Å². The van der Waals surface area contributed by atoms with Crippen molar-refractivity contribution in [2.24, 2.45) is 0 Å². The summed E-state index contributed by atoms with van der Waals surface area (Å²) in [7, 11) is -3.95. The molecular weight excluding hydrogens is 204 g/mol. The van der Waals surface area contributed by atoms with Crippen LogP contribution in [-0.2, 0) is 14.3 Å². The predicted octanol–water partition coefficient (Wildman–Crippen LogP) is 1.32. The third-order valence-electron chi connectivity index (χ3n) is 1.41. The van der Waals surface area contributed by atoms with Crippen LogP contribution < -0.4 is 0 Å². The summed E-state index contributed by atoms with van der Waals surface area (Å²) in [6, 6.07) is 7.84. The Labute approximate surface area is 81.9 Å². The standard InChI is InChI=1S/C9H8O4S/c1-2-14(11,12)13-9(10)8-6-4-3-5-7-8/h2-7H,1H2. The number of hydrogen-bond acceptors (Lipinski definition) is 4. The van der Waals surface area contributed by atoms with E-state index in [0.717, 1.165) is 0 Å². The zero-order chi connectivity index (χ0) is 10.6. The molecule has 5 heteroatoms. The lowest BCUT2D eigenvalue weighted by Gasteiger charge is -2.00. The van der Waals surface area contributed by atoms with Gasteiger partial charge in [-0.3, -0.25) is 0 Å². The fourth-order valence-corrected chi connectivity index (χ4v) is 1.14. The summed E-state index contributed by atoms with van der Waals surface area (Å²) in [5.74, 6) is -0.912. The van der Waals surface area contributed by atoms with E-state index in [-0.39, 0.29) is 5.56 Å². The van der Waals surface area contributed by atoms with Crippen molar-refractivity contribution in [1.82, 2.24) is 0 Å². The Morgan fingerprint density at radius 2 is 1.86 bits per heavy atom. The Morgan fingerprint density at radius 3 is 2.36 bits per heavy atom. The predicted molar refractivity (Wildman–Crippen MR) is 51.0 cm³/mol. The third-order valence-corrected chi connectivity index (χ3v) is 2.20. The SMILES string of the molecule is C=CS(=O)(=O)OC(=O)c1ccccc1. The minimum atomic E-state index is -3.95. The van der Waals surface area contributed by atoms with Crippen molar-refractivity contribution >= 4 is 16.1 Å². The van der Waals surface area contributed by atoms with E-state index in [2.05, 4.69) is 10.8 Å². The van der Waals surface area contributed by atoms with Gasteiger partial charge in [0, 0.05) is 0 Å². The lowest BCUT2D eigenvalue weighted by atomic mass is 10.2. The maximum Gasteiger partial charge on any atom is 0.354 e. The van der Waals surface area contributed by atoms with Crippen LogP contribution in [0.25, 0.3) is 0 Å². The molecular formula is C9H8O4S. The van der Waals surface area contributed by atoms with E-state index in [4.69, 9.17) is 0 Å². The van der Waals surface area contributed by atoms with Gasteiger partial charge in [-0.15, -0.1) is 0 Å². The minimum absolute atomic E-state index is 0.179. The van der Waals surface area contributed by atoms with E-state index >= 15 is 0 Å². The van der Waals surface area contributed by atoms with Crippen LogP contribution in [0.15, 0.2) is 42.3 Å². The van der Waals surface area contributed by atoms with Gasteiger partial charge in [0.1, 0.15) is 0 Å². The lowest BCUT2D eigenvalue weighted by Crippen LogP contribution is -2.10. The van der Waals surface area contributed by atoms with Gasteiger partial charge in [-0.2, -0.15) is 8.42 Å². The average molecular weight is 212 g/mol. The molecule has 0 aliphatic heterocycles. The minimum Gasteiger partial charge on any atom is -0.338 e. The highest BCUT2D eigenvalue weighted by atomic mass is 32.2. The molecule has 0 aliphatic carbocycles. The second kappa shape index (κ2) is 4.06. The summed E-state index contributed by atoms with van der Waals surface area (Å²) in [5.41, 5.74) is 0.179. The van der Waals surface area contributed by atoms with Gasteiger partial charge >= 0.3 is 16.1 Å². The first kappa shape index (κ1) is 10.5. The molecule has 0 unspecified atom stereocenters. The summed E-state index contributed by atoms with van der Waals surface area (Å²) in [5, 5.41) is 0.577. The van der Waals surface area contributed by atoms with Gasteiger partial charge in [0.15, 0.2) is 0 Å². The lowest BCUT2D eigenvalue weighted by molar-refractivity contribution is 0.0749. The van der Waals surface area contributed by atoms with E-state index in [1.54, 1.807) is 18.2 Å². The Balaban J connectivity index is 2.84. The van der Waals surface area contributed by atoms with Gasteiger partial charge in [0.2, 0.25) is 0 Å². The molecule has 0 amide bonds. The highest BCUT2D eigenvalue weighted by Gasteiger charge is 2.14. The Kier molecular flexibility index (Phi) is 3.03. The van der Waals surface area contributed by atoms with Crippen LogP contribution in [0.5, 0.6) is 0 Å². The fourth-order valence-electron chi connectivity index (χ4n) is 0.762. The zero-order valence-electron chi connectivity index (χ0n) is 7.21.